The maximum atomic E-state index is 5.75. The Morgan fingerprint density at radius 1 is 1.26 bits per heavy atom. The SMILES string of the molecule is CCNCc1ccc(OCC2CC=CCC2C)nn1. The van der Waals surface area contributed by atoms with Crippen LogP contribution in [0.4, 0.5) is 0 Å². The molecule has 2 atom stereocenters. The molecule has 4 heteroatoms. The van der Waals surface area contributed by atoms with E-state index in [1.807, 2.05) is 12.1 Å². The number of rotatable bonds is 6. The first-order chi connectivity index (χ1) is 9.29. The summed E-state index contributed by atoms with van der Waals surface area (Å²) in [6.45, 7) is 6.78. The predicted molar refractivity (Wildman–Crippen MR) is 75.9 cm³/mol. The summed E-state index contributed by atoms with van der Waals surface area (Å²) >= 11 is 0. The fourth-order valence-corrected chi connectivity index (χ4v) is 2.20. The van der Waals surface area contributed by atoms with Crippen molar-refractivity contribution in [3.8, 4) is 5.88 Å². The van der Waals surface area contributed by atoms with Gasteiger partial charge in [0, 0.05) is 12.6 Å². The number of hydrogen-bond acceptors (Lipinski definition) is 4. The summed E-state index contributed by atoms with van der Waals surface area (Å²) in [4.78, 5) is 0. The zero-order valence-corrected chi connectivity index (χ0v) is 11.8. The van der Waals surface area contributed by atoms with Crippen LogP contribution in [-0.4, -0.2) is 23.3 Å². The lowest BCUT2D eigenvalue weighted by Gasteiger charge is -2.24. The van der Waals surface area contributed by atoms with Crippen LogP contribution in [-0.2, 0) is 6.54 Å². The van der Waals surface area contributed by atoms with Gasteiger partial charge in [0.25, 0.3) is 0 Å². The van der Waals surface area contributed by atoms with Gasteiger partial charge in [0.1, 0.15) is 0 Å². The fourth-order valence-electron chi connectivity index (χ4n) is 2.20. The Kier molecular flexibility index (Phi) is 5.33. The van der Waals surface area contributed by atoms with Crippen molar-refractivity contribution in [1.29, 1.82) is 0 Å². The molecule has 1 heterocycles. The highest BCUT2D eigenvalue weighted by atomic mass is 16.5. The van der Waals surface area contributed by atoms with Gasteiger partial charge < -0.3 is 10.1 Å². The molecule has 0 bridgehead atoms. The number of ether oxygens (including phenoxy) is 1. The fraction of sp³-hybridized carbons (Fsp3) is 0.600. The quantitative estimate of drug-likeness (QED) is 0.800. The van der Waals surface area contributed by atoms with Gasteiger partial charge in [-0.05, 0) is 37.3 Å². The molecule has 0 saturated carbocycles. The van der Waals surface area contributed by atoms with E-state index in [9.17, 15) is 0 Å². The van der Waals surface area contributed by atoms with Crippen LogP contribution in [0, 0.1) is 11.8 Å². The van der Waals surface area contributed by atoms with Crippen molar-refractivity contribution in [1.82, 2.24) is 15.5 Å². The van der Waals surface area contributed by atoms with Gasteiger partial charge in [-0.15, -0.1) is 5.10 Å². The number of nitrogens with one attached hydrogen (secondary N) is 1. The first-order valence-electron chi connectivity index (χ1n) is 7.10. The van der Waals surface area contributed by atoms with Gasteiger partial charge in [-0.2, -0.15) is 5.10 Å². The lowest BCUT2D eigenvalue weighted by atomic mass is 9.85. The predicted octanol–water partition coefficient (Wildman–Crippen LogP) is 2.57. The Labute approximate surface area is 115 Å². The van der Waals surface area contributed by atoms with Gasteiger partial charge in [-0.1, -0.05) is 26.0 Å². The highest BCUT2D eigenvalue weighted by Gasteiger charge is 2.19. The van der Waals surface area contributed by atoms with Gasteiger partial charge >= 0.3 is 0 Å². The third kappa shape index (κ3) is 4.31. The molecule has 4 nitrogen and oxygen atoms in total. The zero-order valence-electron chi connectivity index (χ0n) is 11.8. The lowest BCUT2D eigenvalue weighted by molar-refractivity contribution is 0.191. The lowest BCUT2D eigenvalue weighted by Crippen LogP contribution is -2.21. The monoisotopic (exact) mass is 261 g/mol. The molecule has 2 unspecified atom stereocenters. The normalized spacial score (nSPS) is 22.4. The maximum Gasteiger partial charge on any atom is 0.233 e. The van der Waals surface area contributed by atoms with E-state index >= 15 is 0 Å². The molecule has 0 aromatic carbocycles. The van der Waals surface area contributed by atoms with Gasteiger partial charge in [0.05, 0.1) is 12.3 Å². The van der Waals surface area contributed by atoms with Gasteiger partial charge in [-0.25, -0.2) is 0 Å². The molecular formula is C15H23N3O. The smallest absolute Gasteiger partial charge is 0.233 e. The summed E-state index contributed by atoms with van der Waals surface area (Å²) in [5.74, 6) is 1.90. The van der Waals surface area contributed by atoms with Crippen molar-refractivity contribution in [3.05, 3.63) is 30.0 Å². The molecule has 104 valence electrons. The largest absolute Gasteiger partial charge is 0.476 e. The Balaban J connectivity index is 1.81. The molecule has 1 aliphatic carbocycles. The van der Waals surface area contributed by atoms with Gasteiger partial charge in [-0.3, -0.25) is 0 Å². The molecule has 0 aliphatic heterocycles. The van der Waals surface area contributed by atoms with Crippen LogP contribution in [0.5, 0.6) is 5.88 Å². The van der Waals surface area contributed by atoms with Crippen LogP contribution in [0.2, 0.25) is 0 Å². The Morgan fingerprint density at radius 2 is 2.11 bits per heavy atom. The first-order valence-corrected chi connectivity index (χ1v) is 7.10. The summed E-state index contributed by atoms with van der Waals surface area (Å²) < 4.78 is 5.75. The van der Waals surface area contributed by atoms with E-state index in [1.54, 1.807) is 0 Å². The number of hydrogen-bond donors (Lipinski definition) is 1. The maximum absolute atomic E-state index is 5.75. The third-order valence-corrected chi connectivity index (χ3v) is 3.61. The van der Waals surface area contributed by atoms with Crippen molar-refractivity contribution < 1.29 is 4.74 Å². The second-order valence-corrected chi connectivity index (χ2v) is 5.13. The third-order valence-electron chi connectivity index (χ3n) is 3.61. The van der Waals surface area contributed by atoms with E-state index in [1.165, 1.54) is 0 Å². The average molecular weight is 261 g/mol. The summed E-state index contributed by atoms with van der Waals surface area (Å²) in [7, 11) is 0. The van der Waals surface area contributed by atoms with Crippen LogP contribution < -0.4 is 10.1 Å². The second-order valence-electron chi connectivity index (χ2n) is 5.13. The van der Waals surface area contributed by atoms with Crippen molar-refractivity contribution in [2.75, 3.05) is 13.2 Å². The second kappa shape index (κ2) is 7.24. The molecule has 0 fully saturated rings. The van der Waals surface area contributed by atoms with E-state index in [2.05, 4.69) is 41.5 Å². The van der Waals surface area contributed by atoms with Gasteiger partial charge in [0.2, 0.25) is 5.88 Å². The Morgan fingerprint density at radius 3 is 2.79 bits per heavy atom. The number of aromatic nitrogens is 2. The molecule has 1 aliphatic rings. The molecule has 1 aromatic heterocycles. The van der Waals surface area contributed by atoms with Crippen molar-refractivity contribution in [2.45, 2.75) is 33.2 Å². The number of allylic oxidation sites excluding steroid dienone is 2. The minimum atomic E-state index is 0.591. The van der Waals surface area contributed by atoms with E-state index < -0.39 is 0 Å². The van der Waals surface area contributed by atoms with Crippen molar-refractivity contribution >= 4 is 0 Å². The van der Waals surface area contributed by atoms with Crippen LogP contribution >= 0.6 is 0 Å². The Hall–Kier alpha value is -1.42. The highest BCUT2D eigenvalue weighted by Crippen LogP contribution is 2.25. The molecule has 2 rings (SSSR count). The summed E-state index contributed by atoms with van der Waals surface area (Å²) in [6.07, 6.45) is 6.77. The Bertz CT molecular complexity index is 402. The van der Waals surface area contributed by atoms with Crippen LogP contribution in [0.3, 0.4) is 0 Å². The molecule has 1 N–H and O–H groups in total. The molecule has 0 spiro atoms. The molecule has 19 heavy (non-hydrogen) atoms. The van der Waals surface area contributed by atoms with E-state index in [0.29, 0.717) is 17.7 Å². The molecule has 1 aromatic rings. The standard InChI is InChI=1S/C15H23N3O/c1-3-16-10-14-8-9-15(18-17-14)19-11-13-7-5-4-6-12(13)2/h4-5,8-9,12-13,16H,3,6-7,10-11H2,1-2H3. The topological polar surface area (TPSA) is 47.0 Å². The molecule has 0 amide bonds. The van der Waals surface area contributed by atoms with E-state index in [0.717, 1.165) is 38.2 Å². The highest BCUT2D eigenvalue weighted by molar-refractivity contribution is 5.11. The van der Waals surface area contributed by atoms with Crippen molar-refractivity contribution in [3.63, 3.8) is 0 Å². The summed E-state index contributed by atoms with van der Waals surface area (Å²) in [5.41, 5.74) is 0.947. The van der Waals surface area contributed by atoms with Crippen LogP contribution in [0.1, 0.15) is 32.4 Å². The van der Waals surface area contributed by atoms with E-state index in [-0.39, 0.29) is 0 Å². The summed E-state index contributed by atoms with van der Waals surface area (Å²) in [5, 5.41) is 11.5. The van der Waals surface area contributed by atoms with Crippen LogP contribution in [0.25, 0.3) is 0 Å². The molecule has 0 radical (unpaired) electrons. The van der Waals surface area contributed by atoms with E-state index in [4.69, 9.17) is 4.74 Å². The molecule has 0 saturated heterocycles. The number of nitrogens with zero attached hydrogens (tertiary/aromatic N) is 2. The minimum Gasteiger partial charge on any atom is -0.476 e. The van der Waals surface area contributed by atoms with Gasteiger partial charge in [0.15, 0.2) is 0 Å². The first kappa shape index (κ1) is 14.0. The van der Waals surface area contributed by atoms with Crippen LogP contribution in [0.15, 0.2) is 24.3 Å². The average Bonchev–Trinajstić information content (AvgIpc) is 2.45. The summed E-state index contributed by atoms with van der Waals surface area (Å²) in [6, 6.07) is 3.87. The zero-order chi connectivity index (χ0) is 13.5. The van der Waals surface area contributed by atoms with Crippen molar-refractivity contribution in [2.24, 2.45) is 11.8 Å². The molecular weight excluding hydrogens is 238 g/mol. The minimum absolute atomic E-state index is 0.591.